The number of rotatable bonds is 3. The fourth-order valence-electron chi connectivity index (χ4n) is 1.86. The van der Waals surface area contributed by atoms with Crippen LogP contribution in [0.1, 0.15) is 36.2 Å². The summed E-state index contributed by atoms with van der Waals surface area (Å²) in [6, 6.07) is 0.347. The number of aromatic nitrogens is 2. The Labute approximate surface area is 87.6 Å². The molecule has 1 saturated carbocycles. The van der Waals surface area contributed by atoms with Crippen molar-refractivity contribution in [1.82, 2.24) is 9.97 Å². The molecule has 1 aliphatic carbocycles. The first-order valence-corrected chi connectivity index (χ1v) is 5.08. The van der Waals surface area contributed by atoms with E-state index in [0.29, 0.717) is 11.9 Å². The maximum Gasteiger partial charge on any atom is 0.358 e. The number of anilines is 1. The van der Waals surface area contributed by atoms with E-state index >= 15 is 0 Å². The van der Waals surface area contributed by atoms with Gasteiger partial charge in [0.1, 0.15) is 0 Å². The fourth-order valence-corrected chi connectivity index (χ4v) is 1.86. The van der Waals surface area contributed by atoms with Crippen molar-refractivity contribution in [2.24, 2.45) is 0 Å². The third-order valence-electron chi connectivity index (χ3n) is 2.60. The zero-order valence-electron chi connectivity index (χ0n) is 8.31. The molecule has 15 heavy (non-hydrogen) atoms. The summed E-state index contributed by atoms with van der Waals surface area (Å²) in [5, 5.41) is 12.0. The molecule has 0 spiro atoms. The largest absolute Gasteiger partial charge is 0.476 e. The standard InChI is InChI=1S/C10H13N3O2/c14-10(15)8-9(12-6-5-11-8)13-7-3-1-2-4-7/h5-7H,1-4H2,(H,12,13)(H,14,15). The van der Waals surface area contributed by atoms with Gasteiger partial charge in [-0.05, 0) is 12.8 Å². The lowest BCUT2D eigenvalue weighted by molar-refractivity contribution is 0.0691. The van der Waals surface area contributed by atoms with Gasteiger partial charge in [0.25, 0.3) is 0 Å². The van der Waals surface area contributed by atoms with E-state index in [1.54, 1.807) is 0 Å². The zero-order chi connectivity index (χ0) is 10.7. The number of hydrogen-bond donors (Lipinski definition) is 2. The van der Waals surface area contributed by atoms with Crippen molar-refractivity contribution in [1.29, 1.82) is 0 Å². The van der Waals surface area contributed by atoms with Gasteiger partial charge in [-0.15, -0.1) is 0 Å². The van der Waals surface area contributed by atoms with E-state index in [4.69, 9.17) is 5.11 Å². The highest BCUT2D eigenvalue weighted by molar-refractivity contribution is 5.90. The maximum absolute atomic E-state index is 10.9. The minimum absolute atomic E-state index is 0.00407. The number of carbonyl (C=O) groups is 1. The summed E-state index contributed by atoms with van der Waals surface area (Å²) in [5.41, 5.74) is 0.00407. The van der Waals surface area contributed by atoms with Crippen LogP contribution in [0.3, 0.4) is 0 Å². The highest BCUT2D eigenvalue weighted by atomic mass is 16.4. The number of nitrogens with one attached hydrogen (secondary N) is 1. The Morgan fingerprint density at radius 3 is 2.67 bits per heavy atom. The van der Waals surface area contributed by atoms with Gasteiger partial charge in [-0.3, -0.25) is 0 Å². The minimum atomic E-state index is -1.04. The van der Waals surface area contributed by atoms with Crippen LogP contribution in [0.5, 0.6) is 0 Å². The molecule has 80 valence electrons. The second-order valence-electron chi connectivity index (χ2n) is 3.68. The molecule has 0 aliphatic heterocycles. The summed E-state index contributed by atoms with van der Waals surface area (Å²) in [4.78, 5) is 18.7. The molecule has 5 heteroatoms. The second kappa shape index (κ2) is 4.25. The van der Waals surface area contributed by atoms with Crippen LogP contribution in [0.25, 0.3) is 0 Å². The predicted molar refractivity (Wildman–Crippen MR) is 54.9 cm³/mol. The van der Waals surface area contributed by atoms with E-state index in [1.807, 2.05) is 0 Å². The van der Waals surface area contributed by atoms with Gasteiger partial charge in [-0.2, -0.15) is 0 Å². The maximum atomic E-state index is 10.9. The Kier molecular flexibility index (Phi) is 2.80. The fraction of sp³-hybridized carbons (Fsp3) is 0.500. The molecule has 0 saturated heterocycles. The third kappa shape index (κ3) is 2.23. The minimum Gasteiger partial charge on any atom is -0.476 e. The van der Waals surface area contributed by atoms with E-state index < -0.39 is 5.97 Å². The monoisotopic (exact) mass is 207 g/mol. The second-order valence-corrected chi connectivity index (χ2v) is 3.68. The summed E-state index contributed by atoms with van der Waals surface area (Å²) < 4.78 is 0. The number of hydrogen-bond acceptors (Lipinski definition) is 4. The van der Waals surface area contributed by atoms with Crippen molar-refractivity contribution in [3.8, 4) is 0 Å². The summed E-state index contributed by atoms with van der Waals surface area (Å²) >= 11 is 0. The normalized spacial score (nSPS) is 16.5. The summed E-state index contributed by atoms with van der Waals surface area (Å²) in [6.45, 7) is 0. The molecule has 1 aliphatic rings. The van der Waals surface area contributed by atoms with Gasteiger partial charge in [-0.25, -0.2) is 14.8 Å². The van der Waals surface area contributed by atoms with Crippen molar-refractivity contribution in [2.45, 2.75) is 31.7 Å². The molecule has 0 atom stereocenters. The van der Waals surface area contributed by atoms with Gasteiger partial charge in [0.15, 0.2) is 11.5 Å². The van der Waals surface area contributed by atoms with Crippen molar-refractivity contribution >= 4 is 11.8 Å². The van der Waals surface area contributed by atoms with Crippen LogP contribution in [0.15, 0.2) is 12.4 Å². The Morgan fingerprint density at radius 2 is 2.00 bits per heavy atom. The lowest BCUT2D eigenvalue weighted by Crippen LogP contribution is -2.18. The SMILES string of the molecule is O=C(O)c1nccnc1NC1CCCC1. The lowest BCUT2D eigenvalue weighted by atomic mass is 10.2. The Morgan fingerprint density at radius 1 is 1.33 bits per heavy atom. The highest BCUT2D eigenvalue weighted by Crippen LogP contribution is 2.22. The Bertz CT molecular complexity index is 361. The average Bonchev–Trinajstić information content (AvgIpc) is 2.71. The molecule has 2 rings (SSSR count). The molecule has 0 amide bonds. The van der Waals surface area contributed by atoms with E-state index in [0.717, 1.165) is 12.8 Å². The summed E-state index contributed by atoms with van der Waals surface area (Å²) in [7, 11) is 0. The molecule has 1 fully saturated rings. The average molecular weight is 207 g/mol. The van der Waals surface area contributed by atoms with Crippen molar-refractivity contribution in [3.63, 3.8) is 0 Å². The predicted octanol–water partition coefficient (Wildman–Crippen LogP) is 1.53. The van der Waals surface area contributed by atoms with Gasteiger partial charge >= 0.3 is 5.97 Å². The lowest BCUT2D eigenvalue weighted by Gasteiger charge is -2.13. The molecule has 2 N–H and O–H groups in total. The van der Waals surface area contributed by atoms with Crippen LogP contribution >= 0.6 is 0 Å². The Hall–Kier alpha value is -1.65. The molecule has 1 heterocycles. The number of aromatic carboxylic acids is 1. The molecular weight excluding hydrogens is 194 g/mol. The van der Waals surface area contributed by atoms with Gasteiger partial charge in [-0.1, -0.05) is 12.8 Å². The van der Waals surface area contributed by atoms with E-state index in [2.05, 4.69) is 15.3 Å². The Balaban J connectivity index is 2.15. The van der Waals surface area contributed by atoms with Crippen LogP contribution in [-0.4, -0.2) is 27.1 Å². The highest BCUT2D eigenvalue weighted by Gasteiger charge is 2.19. The summed E-state index contributed by atoms with van der Waals surface area (Å²) in [5.74, 6) is -0.652. The van der Waals surface area contributed by atoms with Crippen LogP contribution in [0.2, 0.25) is 0 Å². The first-order chi connectivity index (χ1) is 7.27. The molecule has 1 aromatic rings. The van der Waals surface area contributed by atoms with Crippen LogP contribution < -0.4 is 5.32 Å². The van der Waals surface area contributed by atoms with E-state index in [-0.39, 0.29) is 5.69 Å². The van der Waals surface area contributed by atoms with Gasteiger partial charge in [0.2, 0.25) is 0 Å². The van der Waals surface area contributed by atoms with Gasteiger partial charge in [0, 0.05) is 18.4 Å². The first kappa shape index (κ1) is 9.89. The van der Waals surface area contributed by atoms with Crippen molar-refractivity contribution in [3.05, 3.63) is 18.1 Å². The van der Waals surface area contributed by atoms with Crippen molar-refractivity contribution < 1.29 is 9.90 Å². The quantitative estimate of drug-likeness (QED) is 0.786. The molecule has 5 nitrogen and oxygen atoms in total. The molecule has 0 aromatic carbocycles. The van der Waals surface area contributed by atoms with Crippen LogP contribution in [0.4, 0.5) is 5.82 Å². The van der Waals surface area contributed by atoms with Crippen LogP contribution in [0, 0.1) is 0 Å². The first-order valence-electron chi connectivity index (χ1n) is 5.08. The van der Waals surface area contributed by atoms with E-state index in [9.17, 15) is 4.79 Å². The third-order valence-corrected chi connectivity index (χ3v) is 2.60. The van der Waals surface area contributed by atoms with Crippen LogP contribution in [-0.2, 0) is 0 Å². The molecular formula is C10H13N3O2. The van der Waals surface area contributed by atoms with Gasteiger partial charge < -0.3 is 10.4 Å². The van der Waals surface area contributed by atoms with Gasteiger partial charge in [0.05, 0.1) is 0 Å². The number of nitrogens with zero attached hydrogens (tertiary/aromatic N) is 2. The number of carboxylic acid groups (broad SMARTS) is 1. The van der Waals surface area contributed by atoms with Crippen molar-refractivity contribution in [2.75, 3.05) is 5.32 Å². The smallest absolute Gasteiger partial charge is 0.358 e. The molecule has 1 aromatic heterocycles. The molecule has 0 unspecified atom stereocenters. The summed E-state index contributed by atoms with van der Waals surface area (Å²) in [6.07, 6.45) is 7.44. The molecule has 0 radical (unpaired) electrons. The zero-order valence-corrected chi connectivity index (χ0v) is 8.31. The number of carboxylic acids is 1. The topological polar surface area (TPSA) is 75.1 Å². The molecule has 0 bridgehead atoms. The van der Waals surface area contributed by atoms with E-state index in [1.165, 1.54) is 25.2 Å².